The first kappa shape index (κ1) is 11.3. The number of aliphatic hydroxyl groups is 1. The first-order valence-corrected chi connectivity index (χ1v) is 6.22. The highest BCUT2D eigenvalue weighted by atomic mass is 16.3. The van der Waals surface area contributed by atoms with Gasteiger partial charge in [-0.05, 0) is 48.2 Å². The lowest BCUT2D eigenvalue weighted by molar-refractivity contribution is 0.109. The number of fused-ring (bicyclic) bond motifs is 1. The van der Waals surface area contributed by atoms with Crippen molar-refractivity contribution in [1.82, 2.24) is 25.3 Å². The Hall–Kier alpha value is -1.76. The molecule has 0 aromatic carbocycles. The van der Waals surface area contributed by atoms with Gasteiger partial charge in [0.05, 0.1) is 6.10 Å². The number of aromatic nitrogens is 5. The van der Waals surface area contributed by atoms with Gasteiger partial charge in [-0.3, -0.25) is 0 Å². The van der Waals surface area contributed by atoms with Gasteiger partial charge in [-0.25, -0.2) is 0 Å². The Bertz CT molecular complexity index is 531. The molecule has 1 saturated heterocycles. The van der Waals surface area contributed by atoms with Crippen molar-refractivity contribution in [1.29, 1.82) is 0 Å². The lowest BCUT2D eigenvalue weighted by atomic mass is 9.92. The summed E-state index contributed by atoms with van der Waals surface area (Å²) in [5.41, 5.74) is 0.651. The number of tetrazole rings is 1. The highest BCUT2D eigenvalue weighted by Crippen LogP contribution is 2.23. The summed E-state index contributed by atoms with van der Waals surface area (Å²) in [5.74, 6) is 1.29. The van der Waals surface area contributed by atoms with E-state index in [4.69, 9.17) is 0 Å². The van der Waals surface area contributed by atoms with E-state index >= 15 is 0 Å². The number of piperidine rings is 1. The molecular weight excluding hydrogens is 232 g/mol. The Labute approximate surface area is 104 Å². The first-order valence-electron chi connectivity index (χ1n) is 6.22. The second kappa shape index (κ2) is 4.49. The summed E-state index contributed by atoms with van der Waals surface area (Å²) in [7, 11) is 0. The van der Waals surface area contributed by atoms with Crippen molar-refractivity contribution in [2.24, 2.45) is 5.92 Å². The van der Waals surface area contributed by atoms with Gasteiger partial charge in [0.15, 0.2) is 11.5 Å². The van der Waals surface area contributed by atoms with Crippen LogP contribution < -0.4 is 4.90 Å². The lowest BCUT2D eigenvalue weighted by Crippen LogP contribution is -2.37. The van der Waals surface area contributed by atoms with E-state index in [9.17, 15) is 5.11 Å². The van der Waals surface area contributed by atoms with E-state index in [1.165, 1.54) is 4.63 Å². The molecule has 1 N–H and O–H groups in total. The van der Waals surface area contributed by atoms with Crippen LogP contribution in [0.25, 0.3) is 5.65 Å². The van der Waals surface area contributed by atoms with Crippen LogP contribution in [0.2, 0.25) is 0 Å². The third kappa shape index (κ3) is 2.01. The van der Waals surface area contributed by atoms with Crippen LogP contribution in [0.1, 0.15) is 19.8 Å². The van der Waals surface area contributed by atoms with Crippen LogP contribution in [0.4, 0.5) is 5.82 Å². The molecule has 0 amide bonds. The molecule has 1 atom stereocenters. The molecule has 2 aromatic heterocycles. The number of nitrogens with zero attached hydrogens (tertiary/aromatic N) is 6. The van der Waals surface area contributed by atoms with E-state index in [0.29, 0.717) is 11.6 Å². The second-order valence-corrected chi connectivity index (χ2v) is 4.78. The van der Waals surface area contributed by atoms with Gasteiger partial charge in [-0.1, -0.05) is 0 Å². The van der Waals surface area contributed by atoms with Crippen molar-refractivity contribution in [3.8, 4) is 0 Å². The summed E-state index contributed by atoms with van der Waals surface area (Å²) in [6, 6.07) is 3.80. The molecule has 96 valence electrons. The van der Waals surface area contributed by atoms with Gasteiger partial charge < -0.3 is 10.0 Å². The molecule has 0 aliphatic carbocycles. The summed E-state index contributed by atoms with van der Waals surface area (Å²) in [5, 5.41) is 25.2. The maximum atomic E-state index is 9.58. The minimum atomic E-state index is -0.220. The summed E-state index contributed by atoms with van der Waals surface area (Å²) >= 11 is 0. The summed E-state index contributed by atoms with van der Waals surface area (Å²) in [4.78, 5) is 2.21. The fraction of sp³-hybridized carbons (Fsp3) is 0.636. The zero-order chi connectivity index (χ0) is 12.5. The molecule has 3 heterocycles. The molecule has 1 unspecified atom stereocenters. The Morgan fingerprint density at radius 3 is 2.83 bits per heavy atom. The second-order valence-electron chi connectivity index (χ2n) is 4.78. The van der Waals surface area contributed by atoms with Gasteiger partial charge in [0.1, 0.15) is 0 Å². The van der Waals surface area contributed by atoms with Crippen LogP contribution in [-0.4, -0.2) is 49.6 Å². The third-order valence-corrected chi connectivity index (χ3v) is 3.60. The molecule has 0 saturated carbocycles. The minimum absolute atomic E-state index is 0.220. The van der Waals surface area contributed by atoms with Gasteiger partial charge in [0.2, 0.25) is 0 Å². The zero-order valence-electron chi connectivity index (χ0n) is 10.3. The van der Waals surface area contributed by atoms with E-state index in [-0.39, 0.29) is 6.10 Å². The average molecular weight is 248 g/mol. The zero-order valence-corrected chi connectivity index (χ0v) is 10.3. The monoisotopic (exact) mass is 248 g/mol. The molecule has 18 heavy (non-hydrogen) atoms. The largest absolute Gasteiger partial charge is 0.393 e. The number of rotatable bonds is 2. The number of hydrogen-bond donors (Lipinski definition) is 1. The Morgan fingerprint density at radius 2 is 2.11 bits per heavy atom. The van der Waals surface area contributed by atoms with E-state index < -0.39 is 0 Å². The Balaban J connectivity index is 1.75. The summed E-state index contributed by atoms with van der Waals surface area (Å²) in [6.07, 6.45) is 1.77. The average Bonchev–Trinajstić information content (AvgIpc) is 2.86. The van der Waals surface area contributed by atoms with Crippen molar-refractivity contribution in [3.63, 3.8) is 0 Å². The minimum Gasteiger partial charge on any atom is -0.393 e. The fourth-order valence-corrected chi connectivity index (χ4v) is 2.42. The van der Waals surface area contributed by atoms with Crippen LogP contribution in [0, 0.1) is 5.92 Å². The lowest BCUT2D eigenvalue weighted by Gasteiger charge is -2.33. The molecule has 7 nitrogen and oxygen atoms in total. The normalized spacial score (nSPS) is 19.3. The molecule has 1 fully saturated rings. The van der Waals surface area contributed by atoms with Crippen LogP contribution in [0.15, 0.2) is 12.1 Å². The van der Waals surface area contributed by atoms with Gasteiger partial charge in [0.25, 0.3) is 0 Å². The molecule has 3 rings (SSSR count). The molecule has 1 aliphatic heterocycles. The number of aliphatic hydroxyl groups excluding tert-OH is 1. The predicted molar refractivity (Wildman–Crippen MR) is 65.2 cm³/mol. The molecule has 0 bridgehead atoms. The van der Waals surface area contributed by atoms with E-state index in [0.717, 1.165) is 31.7 Å². The standard InChI is InChI=1S/C11H16N6O/c1-8(18)9-4-6-16(7-5-9)11-3-2-10-12-14-15-17(10)13-11/h2-3,8-9,18H,4-7H2,1H3. The highest BCUT2D eigenvalue weighted by Gasteiger charge is 2.23. The number of anilines is 1. The maximum absolute atomic E-state index is 9.58. The summed E-state index contributed by atoms with van der Waals surface area (Å²) < 4.78 is 1.44. The molecule has 2 aromatic rings. The topological polar surface area (TPSA) is 79.4 Å². The smallest absolute Gasteiger partial charge is 0.200 e. The van der Waals surface area contributed by atoms with Crippen LogP contribution in [0.5, 0.6) is 0 Å². The maximum Gasteiger partial charge on any atom is 0.200 e. The third-order valence-electron chi connectivity index (χ3n) is 3.60. The highest BCUT2D eigenvalue weighted by molar-refractivity contribution is 5.44. The van der Waals surface area contributed by atoms with Crippen LogP contribution in [0.3, 0.4) is 0 Å². The molecule has 0 radical (unpaired) electrons. The van der Waals surface area contributed by atoms with Gasteiger partial charge in [0, 0.05) is 13.1 Å². The van der Waals surface area contributed by atoms with Crippen molar-refractivity contribution in [3.05, 3.63) is 12.1 Å². The van der Waals surface area contributed by atoms with Crippen LogP contribution >= 0.6 is 0 Å². The van der Waals surface area contributed by atoms with Crippen molar-refractivity contribution in [2.45, 2.75) is 25.9 Å². The van der Waals surface area contributed by atoms with E-state index in [2.05, 4.69) is 25.5 Å². The van der Waals surface area contributed by atoms with Gasteiger partial charge in [-0.15, -0.1) is 14.8 Å². The SMILES string of the molecule is CC(O)C1CCN(c2ccc3nnnn3n2)CC1. The first-order chi connectivity index (χ1) is 8.74. The Kier molecular flexibility index (Phi) is 2.83. The van der Waals surface area contributed by atoms with E-state index in [1.54, 1.807) is 0 Å². The van der Waals surface area contributed by atoms with Crippen molar-refractivity contribution in [2.75, 3.05) is 18.0 Å². The van der Waals surface area contributed by atoms with Gasteiger partial charge >= 0.3 is 0 Å². The predicted octanol–water partition coefficient (Wildman–Crippen LogP) is 0.116. The molecule has 1 aliphatic rings. The molecular formula is C11H16N6O. The fourth-order valence-electron chi connectivity index (χ4n) is 2.42. The Morgan fingerprint density at radius 1 is 1.33 bits per heavy atom. The molecule has 0 spiro atoms. The molecule has 7 heteroatoms. The van der Waals surface area contributed by atoms with Gasteiger partial charge in [-0.2, -0.15) is 0 Å². The van der Waals surface area contributed by atoms with Crippen molar-refractivity contribution >= 4 is 11.5 Å². The number of hydrogen-bond acceptors (Lipinski definition) is 6. The quantitative estimate of drug-likeness (QED) is 0.813. The summed E-state index contributed by atoms with van der Waals surface area (Å²) in [6.45, 7) is 3.69. The van der Waals surface area contributed by atoms with Crippen molar-refractivity contribution < 1.29 is 5.11 Å². The van der Waals surface area contributed by atoms with Crippen LogP contribution in [-0.2, 0) is 0 Å². The van der Waals surface area contributed by atoms with E-state index in [1.807, 2.05) is 19.1 Å².